The molecule has 2 atom stereocenters. The first-order chi connectivity index (χ1) is 12.1. The molecule has 25 heavy (non-hydrogen) atoms. The van der Waals surface area contributed by atoms with Crippen LogP contribution in [0.4, 0.5) is 0 Å². The van der Waals surface area contributed by atoms with Crippen LogP contribution in [0, 0.1) is 24.7 Å². The first-order valence-electron chi connectivity index (χ1n) is 9.72. The zero-order chi connectivity index (χ0) is 17.4. The Morgan fingerprint density at radius 3 is 2.80 bits per heavy atom. The van der Waals surface area contributed by atoms with Crippen molar-refractivity contribution in [1.82, 2.24) is 10.3 Å². The number of fused-ring (bicyclic) bond motifs is 3. The average molecular weight is 339 g/mol. The highest BCUT2D eigenvalue weighted by Gasteiger charge is 2.40. The number of aromatic amines is 1. The van der Waals surface area contributed by atoms with Crippen molar-refractivity contribution < 1.29 is 4.79 Å². The summed E-state index contributed by atoms with van der Waals surface area (Å²) in [6.45, 7) is 2.83. The maximum Gasteiger partial charge on any atom is 0.223 e. The van der Waals surface area contributed by atoms with Crippen LogP contribution < -0.4 is 11.1 Å². The Balaban J connectivity index is 1.34. The van der Waals surface area contributed by atoms with Gasteiger partial charge in [-0.3, -0.25) is 4.79 Å². The fraction of sp³-hybridized carbons (Fsp3) is 0.571. The van der Waals surface area contributed by atoms with E-state index in [-0.39, 0.29) is 11.8 Å². The summed E-state index contributed by atoms with van der Waals surface area (Å²) in [4.78, 5) is 16.0. The molecule has 2 aliphatic carbocycles. The number of amides is 1. The molecular formula is C21H29N3O. The van der Waals surface area contributed by atoms with E-state index in [1.54, 1.807) is 0 Å². The summed E-state index contributed by atoms with van der Waals surface area (Å²) in [6, 6.07) is 6.69. The number of rotatable bonds is 4. The molecular weight excluding hydrogens is 310 g/mol. The van der Waals surface area contributed by atoms with Crippen LogP contribution in [-0.2, 0) is 11.2 Å². The third kappa shape index (κ3) is 3.20. The second kappa shape index (κ2) is 6.83. The van der Waals surface area contributed by atoms with Gasteiger partial charge in [-0.1, -0.05) is 24.6 Å². The van der Waals surface area contributed by atoms with Gasteiger partial charge >= 0.3 is 0 Å². The normalized spacial score (nSPS) is 28.9. The highest BCUT2D eigenvalue weighted by Crippen LogP contribution is 2.41. The van der Waals surface area contributed by atoms with Crippen molar-refractivity contribution in [3.8, 4) is 0 Å². The van der Waals surface area contributed by atoms with Crippen LogP contribution in [0.5, 0.6) is 0 Å². The van der Waals surface area contributed by atoms with E-state index in [2.05, 4.69) is 41.6 Å². The molecule has 1 aromatic heterocycles. The zero-order valence-electron chi connectivity index (χ0n) is 15.1. The summed E-state index contributed by atoms with van der Waals surface area (Å²) in [7, 11) is 0. The van der Waals surface area contributed by atoms with Crippen LogP contribution in [0.25, 0.3) is 10.9 Å². The molecule has 2 bridgehead atoms. The number of hydrogen-bond donors (Lipinski definition) is 3. The lowest BCUT2D eigenvalue weighted by Crippen LogP contribution is -2.49. The van der Waals surface area contributed by atoms with Crippen molar-refractivity contribution in [2.75, 3.05) is 6.54 Å². The number of H-pyrrole nitrogens is 1. The molecule has 4 heteroatoms. The molecule has 1 aromatic carbocycles. The van der Waals surface area contributed by atoms with Crippen molar-refractivity contribution in [3.63, 3.8) is 0 Å². The Labute approximate surface area is 149 Å². The fourth-order valence-corrected chi connectivity index (χ4v) is 5.04. The van der Waals surface area contributed by atoms with E-state index in [1.807, 2.05) is 0 Å². The molecule has 0 saturated heterocycles. The maximum absolute atomic E-state index is 12.6. The minimum absolute atomic E-state index is 0.167. The highest BCUT2D eigenvalue weighted by atomic mass is 16.1. The Morgan fingerprint density at radius 2 is 2.04 bits per heavy atom. The minimum Gasteiger partial charge on any atom is -0.361 e. The molecule has 2 aromatic rings. The monoisotopic (exact) mass is 339 g/mol. The van der Waals surface area contributed by atoms with Gasteiger partial charge in [0.25, 0.3) is 0 Å². The van der Waals surface area contributed by atoms with Gasteiger partial charge in [0.15, 0.2) is 0 Å². The lowest BCUT2D eigenvalue weighted by molar-refractivity contribution is -0.127. The van der Waals surface area contributed by atoms with Crippen LogP contribution >= 0.6 is 0 Å². The standard InChI is InChI=1S/C21H29N3O/c1-13-4-2-7-18-16(12-24-20(13)18)8-9-23-21(25)17-10-14-5-3-6-15(11-17)19(14)22/h2,4,7,12,14-15,17,19,24H,3,5-6,8-11,22H2,1H3,(H,23,25). The Hall–Kier alpha value is -1.81. The molecule has 2 fully saturated rings. The lowest BCUT2D eigenvalue weighted by atomic mass is 9.65. The van der Waals surface area contributed by atoms with Gasteiger partial charge in [0, 0.05) is 35.6 Å². The van der Waals surface area contributed by atoms with E-state index in [1.165, 1.54) is 41.3 Å². The number of nitrogens with two attached hydrogens (primary N) is 1. The molecule has 2 unspecified atom stereocenters. The number of carbonyl (C=O) groups excluding carboxylic acids is 1. The topological polar surface area (TPSA) is 70.9 Å². The summed E-state index contributed by atoms with van der Waals surface area (Å²) >= 11 is 0. The summed E-state index contributed by atoms with van der Waals surface area (Å²) in [5, 5.41) is 4.45. The maximum atomic E-state index is 12.6. The summed E-state index contributed by atoms with van der Waals surface area (Å²) in [5.41, 5.74) is 10.1. The predicted octanol–water partition coefficient (Wildman–Crippen LogP) is 3.29. The SMILES string of the molecule is Cc1cccc2c(CCNC(=O)C3CC4CCCC(C3)C4N)c[nH]c12. The third-order valence-corrected chi connectivity index (χ3v) is 6.49. The molecule has 4 nitrogen and oxygen atoms in total. The van der Waals surface area contributed by atoms with Crippen molar-refractivity contribution in [2.45, 2.75) is 51.5 Å². The number of aromatic nitrogens is 1. The number of carbonyl (C=O) groups is 1. The Morgan fingerprint density at radius 1 is 1.28 bits per heavy atom. The van der Waals surface area contributed by atoms with E-state index < -0.39 is 0 Å². The Bertz CT molecular complexity index is 752. The van der Waals surface area contributed by atoms with Crippen LogP contribution in [-0.4, -0.2) is 23.5 Å². The molecule has 0 radical (unpaired) electrons. The third-order valence-electron chi connectivity index (χ3n) is 6.49. The second-order valence-corrected chi connectivity index (χ2v) is 8.05. The van der Waals surface area contributed by atoms with E-state index in [9.17, 15) is 4.79 Å². The van der Waals surface area contributed by atoms with Crippen molar-refractivity contribution in [3.05, 3.63) is 35.5 Å². The smallest absolute Gasteiger partial charge is 0.223 e. The Kier molecular flexibility index (Phi) is 4.55. The molecule has 4 rings (SSSR count). The van der Waals surface area contributed by atoms with Crippen LogP contribution in [0.1, 0.15) is 43.2 Å². The molecule has 1 heterocycles. The van der Waals surface area contributed by atoms with Gasteiger partial charge in [0.05, 0.1) is 0 Å². The first kappa shape index (κ1) is 16.6. The van der Waals surface area contributed by atoms with Gasteiger partial charge in [0.1, 0.15) is 0 Å². The number of hydrogen-bond acceptors (Lipinski definition) is 2. The van der Waals surface area contributed by atoms with E-state index >= 15 is 0 Å². The molecule has 2 aliphatic rings. The molecule has 4 N–H and O–H groups in total. The highest BCUT2D eigenvalue weighted by molar-refractivity contribution is 5.86. The van der Waals surface area contributed by atoms with Gasteiger partial charge in [-0.05, 0) is 62.0 Å². The quantitative estimate of drug-likeness (QED) is 0.800. The van der Waals surface area contributed by atoms with E-state index in [0.717, 1.165) is 19.3 Å². The second-order valence-electron chi connectivity index (χ2n) is 8.05. The van der Waals surface area contributed by atoms with Gasteiger partial charge in [-0.25, -0.2) is 0 Å². The van der Waals surface area contributed by atoms with Gasteiger partial charge in [-0.15, -0.1) is 0 Å². The van der Waals surface area contributed by atoms with Crippen molar-refractivity contribution in [1.29, 1.82) is 0 Å². The summed E-state index contributed by atoms with van der Waals surface area (Å²) < 4.78 is 0. The van der Waals surface area contributed by atoms with Crippen LogP contribution in [0.3, 0.4) is 0 Å². The van der Waals surface area contributed by atoms with E-state index in [4.69, 9.17) is 5.73 Å². The van der Waals surface area contributed by atoms with Crippen LogP contribution in [0.15, 0.2) is 24.4 Å². The molecule has 1 amide bonds. The van der Waals surface area contributed by atoms with Crippen molar-refractivity contribution >= 4 is 16.8 Å². The molecule has 0 aliphatic heterocycles. The first-order valence-corrected chi connectivity index (χ1v) is 9.72. The van der Waals surface area contributed by atoms with E-state index in [0.29, 0.717) is 24.4 Å². The number of benzene rings is 1. The van der Waals surface area contributed by atoms with Gasteiger partial charge < -0.3 is 16.0 Å². The summed E-state index contributed by atoms with van der Waals surface area (Å²) in [6.07, 6.45) is 8.61. The number of aryl methyl sites for hydroxylation is 1. The summed E-state index contributed by atoms with van der Waals surface area (Å²) in [5.74, 6) is 1.51. The molecule has 0 spiro atoms. The fourth-order valence-electron chi connectivity index (χ4n) is 5.04. The van der Waals surface area contributed by atoms with Crippen molar-refractivity contribution in [2.24, 2.45) is 23.5 Å². The van der Waals surface area contributed by atoms with Gasteiger partial charge in [-0.2, -0.15) is 0 Å². The predicted molar refractivity (Wildman–Crippen MR) is 101 cm³/mol. The van der Waals surface area contributed by atoms with Crippen LogP contribution in [0.2, 0.25) is 0 Å². The molecule has 2 saturated carbocycles. The average Bonchev–Trinajstić information content (AvgIpc) is 2.99. The number of para-hydroxylation sites is 1. The zero-order valence-corrected chi connectivity index (χ0v) is 15.1. The molecule has 134 valence electrons. The van der Waals surface area contributed by atoms with Gasteiger partial charge in [0.2, 0.25) is 5.91 Å². The largest absolute Gasteiger partial charge is 0.361 e. The lowest BCUT2D eigenvalue weighted by Gasteiger charge is -2.43. The minimum atomic E-state index is 0.167. The number of nitrogens with one attached hydrogen (secondary N) is 2.